The Hall–Kier alpha value is -3.13. The topological polar surface area (TPSA) is 99.9 Å². The van der Waals surface area contributed by atoms with Gasteiger partial charge in [-0.15, -0.1) is 0 Å². The highest BCUT2D eigenvalue weighted by Crippen LogP contribution is 2.30. The quantitative estimate of drug-likeness (QED) is 0.381. The predicted octanol–water partition coefficient (Wildman–Crippen LogP) is 3.05. The van der Waals surface area contributed by atoms with Crippen molar-refractivity contribution in [2.75, 3.05) is 27.4 Å². The third-order valence-electron chi connectivity index (χ3n) is 4.15. The predicted molar refractivity (Wildman–Crippen MR) is 104 cm³/mol. The van der Waals surface area contributed by atoms with Crippen LogP contribution in [0.25, 0.3) is 0 Å². The fourth-order valence-corrected chi connectivity index (χ4v) is 2.69. The SMILES string of the molecule is COCCOc1ccc(C(C)NC(=O)Cc2ccccc2[N+](=O)[O-])cc1OC. The Morgan fingerprint density at radius 3 is 2.57 bits per heavy atom. The zero-order valence-corrected chi connectivity index (χ0v) is 16.1. The van der Waals surface area contributed by atoms with Crippen molar-refractivity contribution in [2.45, 2.75) is 19.4 Å². The molecule has 0 saturated heterocycles. The number of para-hydroxylation sites is 1. The summed E-state index contributed by atoms with van der Waals surface area (Å²) in [5.41, 5.74) is 1.13. The Morgan fingerprint density at radius 1 is 1.14 bits per heavy atom. The molecule has 150 valence electrons. The second kappa shape index (κ2) is 10.3. The minimum absolute atomic E-state index is 0.0652. The maximum atomic E-state index is 12.4. The maximum absolute atomic E-state index is 12.4. The monoisotopic (exact) mass is 388 g/mol. The van der Waals surface area contributed by atoms with E-state index in [9.17, 15) is 14.9 Å². The molecule has 0 aromatic heterocycles. The van der Waals surface area contributed by atoms with E-state index in [0.29, 0.717) is 30.3 Å². The largest absolute Gasteiger partial charge is 0.493 e. The van der Waals surface area contributed by atoms with Gasteiger partial charge < -0.3 is 19.5 Å². The van der Waals surface area contributed by atoms with Crippen molar-refractivity contribution in [1.29, 1.82) is 0 Å². The van der Waals surface area contributed by atoms with Gasteiger partial charge in [0.15, 0.2) is 11.5 Å². The molecule has 0 saturated carbocycles. The Kier molecular flexibility index (Phi) is 7.76. The summed E-state index contributed by atoms with van der Waals surface area (Å²) in [5.74, 6) is 0.830. The van der Waals surface area contributed by atoms with Gasteiger partial charge in [-0.05, 0) is 24.6 Å². The number of nitrogens with one attached hydrogen (secondary N) is 1. The van der Waals surface area contributed by atoms with Gasteiger partial charge in [0, 0.05) is 18.7 Å². The van der Waals surface area contributed by atoms with Gasteiger partial charge in [0.1, 0.15) is 6.61 Å². The number of rotatable bonds is 10. The number of ether oxygens (including phenoxy) is 3. The van der Waals surface area contributed by atoms with Crippen LogP contribution < -0.4 is 14.8 Å². The van der Waals surface area contributed by atoms with Crippen molar-refractivity contribution >= 4 is 11.6 Å². The molecular weight excluding hydrogens is 364 g/mol. The summed E-state index contributed by atoms with van der Waals surface area (Å²) >= 11 is 0. The van der Waals surface area contributed by atoms with Gasteiger partial charge in [0.05, 0.1) is 31.1 Å². The Balaban J connectivity index is 2.05. The highest BCUT2D eigenvalue weighted by molar-refractivity contribution is 5.80. The summed E-state index contributed by atoms with van der Waals surface area (Å²) < 4.78 is 15.9. The number of carbonyl (C=O) groups is 1. The first-order valence-electron chi connectivity index (χ1n) is 8.77. The molecule has 1 amide bonds. The summed E-state index contributed by atoms with van der Waals surface area (Å²) in [6.07, 6.45) is -0.0726. The number of methoxy groups -OCH3 is 2. The summed E-state index contributed by atoms with van der Waals surface area (Å²) in [6.45, 7) is 2.69. The van der Waals surface area contributed by atoms with E-state index in [4.69, 9.17) is 14.2 Å². The molecule has 28 heavy (non-hydrogen) atoms. The molecule has 0 radical (unpaired) electrons. The van der Waals surface area contributed by atoms with Crippen LogP contribution in [0.4, 0.5) is 5.69 Å². The molecule has 0 aliphatic heterocycles. The lowest BCUT2D eigenvalue weighted by Crippen LogP contribution is -2.28. The number of hydrogen-bond donors (Lipinski definition) is 1. The van der Waals surface area contributed by atoms with Crippen LogP contribution in [0.15, 0.2) is 42.5 Å². The molecule has 2 rings (SSSR count). The van der Waals surface area contributed by atoms with Crippen molar-refractivity contribution in [2.24, 2.45) is 0 Å². The molecule has 1 unspecified atom stereocenters. The van der Waals surface area contributed by atoms with Gasteiger partial charge >= 0.3 is 0 Å². The first kappa shape index (κ1) is 21.2. The highest BCUT2D eigenvalue weighted by Gasteiger charge is 2.18. The number of nitro groups is 1. The number of carbonyl (C=O) groups excluding carboxylic acids is 1. The van der Waals surface area contributed by atoms with Gasteiger partial charge in [-0.1, -0.05) is 24.3 Å². The molecule has 8 nitrogen and oxygen atoms in total. The lowest BCUT2D eigenvalue weighted by Gasteiger charge is -2.17. The molecule has 0 spiro atoms. The van der Waals surface area contributed by atoms with E-state index in [1.165, 1.54) is 6.07 Å². The third-order valence-corrected chi connectivity index (χ3v) is 4.15. The molecule has 0 heterocycles. The lowest BCUT2D eigenvalue weighted by molar-refractivity contribution is -0.385. The van der Waals surface area contributed by atoms with Gasteiger partial charge in [-0.2, -0.15) is 0 Å². The average Bonchev–Trinajstić information content (AvgIpc) is 2.68. The zero-order chi connectivity index (χ0) is 20.5. The van der Waals surface area contributed by atoms with E-state index in [1.54, 1.807) is 44.6 Å². The summed E-state index contributed by atoms with van der Waals surface area (Å²) in [6, 6.07) is 11.3. The molecule has 0 aliphatic rings. The van der Waals surface area contributed by atoms with Crippen molar-refractivity contribution in [3.8, 4) is 11.5 Å². The van der Waals surface area contributed by atoms with Crippen LogP contribution in [0.3, 0.4) is 0 Å². The number of benzene rings is 2. The summed E-state index contributed by atoms with van der Waals surface area (Å²) in [5, 5.41) is 13.9. The van der Waals surface area contributed by atoms with Crippen LogP contribution in [-0.4, -0.2) is 38.3 Å². The molecular formula is C20H24N2O6. The van der Waals surface area contributed by atoms with Crippen molar-refractivity contribution in [1.82, 2.24) is 5.32 Å². The van der Waals surface area contributed by atoms with Crippen LogP contribution in [-0.2, 0) is 16.0 Å². The van der Waals surface area contributed by atoms with E-state index in [1.807, 2.05) is 13.0 Å². The fraction of sp³-hybridized carbons (Fsp3) is 0.350. The number of amides is 1. The number of nitro benzene ring substituents is 1. The van der Waals surface area contributed by atoms with Gasteiger partial charge in [0.2, 0.25) is 5.91 Å². The van der Waals surface area contributed by atoms with Crippen LogP contribution in [0, 0.1) is 10.1 Å². The van der Waals surface area contributed by atoms with E-state index in [-0.39, 0.29) is 24.1 Å². The van der Waals surface area contributed by atoms with Gasteiger partial charge in [-0.3, -0.25) is 14.9 Å². The van der Waals surface area contributed by atoms with Crippen LogP contribution in [0.5, 0.6) is 11.5 Å². The number of nitrogens with zero attached hydrogens (tertiary/aromatic N) is 1. The van der Waals surface area contributed by atoms with Gasteiger partial charge in [-0.25, -0.2) is 0 Å². The molecule has 2 aromatic rings. The molecule has 0 aliphatic carbocycles. The standard InChI is InChI=1S/C20H24N2O6/c1-14(15-8-9-18(19(12-15)27-3)28-11-10-26-2)21-20(23)13-16-6-4-5-7-17(16)22(24)25/h4-9,12,14H,10-11,13H2,1-3H3,(H,21,23). The van der Waals surface area contributed by atoms with Crippen molar-refractivity contribution < 1.29 is 23.9 Å². The molecule has 0 fully saturated rings. The van der Waals surface area contributed by atoms with Crippen LogP contribution >= 0.6 is 0 Å². The third kappa shape index (κ3) is 5.68. The maximum Gasteiger partial charge on any atom is 0.273 e. The molecule has 2 aromatic carbocycles. The lowest BCUT2D eigenvalue weighted by atomic mass is 10.1. The van der Waals surface area contributed by atoms with E-state index in [2.05, 4.69) is 5.32 Å². The minimum Gasteiger partial charge on any atom is -0.493 e. The first-order valence-corrected chi connectivity index (χ1v) is 8.77. The van der Waals surface area contributed by atoms with Crippen molar-refractivity contribution in [3.05, 3.63) is 63.7 Å². The first-order chi connectivity index (χ1) is 13.5. The zero-order valence-electron chi connectivity index (χ0n) is 16.1. The second-order valence-corrected chi connectivity index (χ2v) is 6.10. The highest BCUT2D eigenvalue weighted by atomic mass is 16.6. The minimum atomic E-state index is -0.487. The number of hydrogen-bond acceptors (Lipinski definition) is 6. The molecule has 1 N–H and O–H groups in total. The Bertz CT molecular complexity index is 824. The van der Waals surface area contributed by atoms with Crippen LogP contribution in [0.1, 0.15) is 24.1 Å². The average molecular weight is 388 g/mol. The Morgan fingerprint density at radius 2 is 1.89 bits per heavy atom. The van der Waals surface area contributed by atoms with Crippen molar-refractivity contribution in [3.63, 3.8) is 0 Å². The second-order valence-electron chi connectivity index (χ2n) is 6.10. The molecule has 0 bridgehead atoms. The van der Waals surface area contributed by atoms with E-state index < -0.39 is 4.92 Å². The van der Waals surface area contributed by atoms with Crippen LogP contribution in [0.2, 0.25) is 0 Å². The Labute approximate surface area is 163 Å². The molecule has 8 heteroatoms. The molecule has 1 atom stereocenters. The van der Waals surface area contributed by atoms with Gasteiger partial charge in [0.25, 0.3) is 5.69 Å². The van der Waals surface area contributed by atoms with E-state index >= 15 is 0 Å². The van der Waals surface area contributed by atoms with E-state index in [0.717, 1.165) is 5.56 Å². The smallest absolute Gasteiger partial charge is 0.273 e. The normalized spacial score (nSPS) is 11.5. The summed E-state index contributed by atoms with van der Waals surface area (Å²) in [7, 11) is 3.14. The summed E-state index contributed by atoms with van der Waals surface area (Å²) in [4.78, 5) is 23.0. The fourth-order valence-electron chi connectivity index (χ4n) is 2.69.